The van der Waals surface area contributed by atoms with Crippen LogP contribution in [0.4, 0.5) is 8.78 Å². The van der Waals surface area contributed by atoms with Gasteiger partial charge in [0.15, 0.2) is 0 Å². The molecule has 5 nitrogen and oxygen atoms in total. The highest BCUT2D eigenvalue weighted by Gasteiger charge is 2.11. The molecular formula is C20H26F2N2O3. The van der Waals surface area contributed by atoms with Crippen LogP contribution in [0.15, 0.2) is 36.4 Å². The van der Waals surface area contributed by atoms with Gasteiger partial charge in [0.2, 0.25) is 0 Å². The fourth-order valence-electron chi connectivity index (χ4n) is 2.63. The van der Waals surface area contributed by atoms with Crippen molar-refractivity contribution < 1.29 is 23.4 Å². The minimum atomic E-state index is -0.621. The largest absolute Gasteiger partial charge is 0.497 e. The predicted molar refractivity (Wildman–Crippen MR) is 100.0 cm³/mol. The van der Waals surface area contributed by atoms with Gasteiger partial charge in [0.1, 0.15) is 35.8 Å². The summed E-state index contributed by atoms with van der Waals surface area (Å²) in [5.41, 5.74) is 1.05. The van der Waals surface area contributed by atoms with E-state index in [-0.39, 0.29) is 18.7 Å². The summed E-state index contributed by atoms with van der Waals surface area (Å²) >= 11 is 0. The molecule has 2 aromatic rings. The number of aliphatic hydroxyl groups excluding tert-OH is 1. The van der Waals surface area contributed by atoms with Gasteiger partial charge >= 0.3 is 0 Å². The van der Waals surface area contributed by atoms with Gasteiger partial charge in [-0.1, -0.05) is 0 Å². The van der Waals surface area contributed by atoms with Crippen LogP contribution in [0.2, 0.25) is 0 Å². The average Bonchev–Trinajstić information content (AvgIpc) is 2.62. The van der Waals surface area contributed by atoms with Crippen LogP contribution in [0.25, 0.3) is 0 Å². The number of hydrogen-bond donors (Lipinski definition) is 2. The molecule has 0 radical (unpaired) electrons. The molecule has 2 N–H and O–H groups in total. The number of halogens is 2. The maximum Gasteiger partial charge on any atom is 0.127 e. The first-order valence-corrected chi connectivity index (χ1v) is 8.66. The number of hydrogen-bond acceptors (Lipinski definition) is 5. The number of nitrogens with one attached hydrogen (secondary N) is 1. The minimum Gasteiger partial charge on any atom is -0.497 e. The third kappa shape index (κ3) is 6.78. The molecule has 7 heteroatoms. The number of nitrogens with zero attached hydrogens (tertiary/aromatic N) is 1. The molecule has 1 unspecified atom stereocenters. The van der Waals surface area contributed by atoms with Crippen LogP contribution in [0, 0.1) is 11.6 Å². The van der Waals surface area contributed by atoms with Crippen LogP contribution in [-0.4, -0.2) is 50.5 Å². The standard InChI is InChI=1S/C20H26F2N2O3/c1-24(2)12-17(25)13-27-20-7-5-18(26-3)9-15(20)11-23-10-14-8-16(21)4-6-19(14)22/h4-9,17,23,25H,10-13H2,1-3H3. The Balaban J connectivity index is 2.01. The Bertz CT molecular complexity index is 741. The third-order valence-corrected chi connectivity index (χ3v) is 3.91. The molecule has 0 bridgehead atoms. The molecule has 0 heterocycles. The van der Waals surface area contributed by atoms with E-state index >= 15 is 0 Å². The lowest BCUT2D eigenvalue weighted by Crippen LogP contribution is -2.30. The van der Waals surface area contributed by atoms with E-state index in [0.717, 1.165) is 17.7 Å². The van der Waals surface area contributed by atoms with E-state index < -0.39 is 17.7 Å². The van der Waals surface area contributed by atoms with Gasteiger partial charge in [0.05, 0.1) is 7.11 Å². The van der Waals surface area contributed by atoms with Crippen molar-refractivity contribution in [2.24, 2.45) is 0 Å². The number of aliphatic hydroxyl groups is 1. The molecule has 0 aliphatic heterocycles. The number of rotatable bonds is 10. The Labute approximate surface area is 158 Å². The van der Waals surface area contributed by atoms with Crippen LogP contribution in [-0.2, 0) is 13.1 Å². The first kappa shape index (κ1) is 21.1. The highest BCUT2D eigenvalue weighted by molar-refractivity contribution is 5.40. The van der Waals surface area contributed by atoms with Crippen LogP contribution in [0.3, 0.4) is 0 Å². The summed E-state index contributed by atoms with van der Waals surface area (Å²) in [6.45, 7) is 1.17. The monoisotopic (exact) mass is 380 g/mol. The maximum atomic E-state index is 13.7. The molecule has 0 aromatic heterocycles. The zero-order valence-corrected chi connectivity index (χ0v) is 15.8. The minimum absolute atomic E-state index is 0.149. The van der Waals surface area contributed by atoms with E-state index in [9.17, 15) is 13.9 Å². The molecule has 0 saturated carbocycles. The second-order valence-electron chi connectivity index (χ2n) is 6.54. The van der Waals surface area contributed by atoms with E-state index in [1.165, 1.54) is 6.07 Å². The zero-order chi connectivity index (χ0) is 19.8. The lowest BCUT2D eigenvalue weighted by atomic mass is 10.1. The van der Waals surface area contributed by atoms with Crippen LogP contribution in [0.1, 0.15) is 11.1 Å². The highest BCUT2D eigenvalue weighted by atomic mass is 19.1. The topological polar surface area (TPSA) is 54.0 Å². The van der Waals surface area contributed by atoms with Gasteiger partial charge in [-0.05, 0) is 50.5 Å². The van der Waals surface area contributed by atoms with Gasteiger partial charge < -0.3 is 24.8 Å². The third-order valence-electron chi connectivity index (χ3n) is 3.91. The van der Waals surface area contributed by atoms with Crippen LogP contribution in [0.5, 0.6) is 11.5 Å². The maximum absolute atomic E-state index is 13.7. The van der Waals surface area contributed by atoms with Crippen molar-refractivity contribution >= 4 is 0 Å². The second-order valence-corrected chi connectivity index (χ2v) is 6.54. The summed E-state index contributed by atoms with van der Waals surface area (Å²) in [4.78, 5) is 1.87. The van der Waals surface area contributed by atoms with Gasteiger partial charge in [0, 0.05) is 30.8 Å². The smallest absolute Gasteiger partial charge is 0.127 e. The molecule has 0 amide bonds. The quantitative estimate of drug-likeness (QED) is 0.664. The SMILES string of the molecule is COc1ccc(OCC(O)CN(C)C)c(CNCc2cc(F)ccc2F)c1. The Hall–Kier alpha value is -2.22. The molecular weight excluding hydrogens is 354 g/mol. The Morgan fingerprint density at radius 2 is 1.81 bits per heavy atom. The number of ether oxygens (including phenoxy) is 2. The van der Waals surface area contributed by atoms with E-state index in [2.05, 4.69) is 5.32 Å². The fraction of sp³-hybridized carbons (Fsp3) is 0.400. The van der Waals surface area contributed by atoms with Gasteiger partial charge in [-0.15, -0.1) is 0 Å². The molecule has 0 saturated heterocycles. The van der Waals surface area contributed by atoms with Crippen molar-refractivity contribution in [3.05, 3.63) is 59.2 Å². The zero-order valence-electron chi connectivity index (χ0n) is 15.8. The lowest BCUT2D eigenvalue weighted by Gasteiger charge is -2.18. The summed E-state index contributed by atoms with van der Waals surface area (Å²) in [5, 5.41) is 13.1. The van der Waals surface area contributed by atoms with E-state index in [4.69, 9.17) is 9.47 Å². The van der Waals surface area contributed by atoms with E-state index in [0.29, 0.717) is 24.6 Å². The number of methoxy groups -OCH3 is 1. The normalized spacial score (nSPS) is 12.3. The average molecular weight is 380 g/mol. The predicted octanol–water partition coefficient (Wildman–Crippen LogP) is 2.56. The molecule has 2 aromatic carbocycles. The Morgan fingerprint density at radius 3 is 2.52 bits per heavy atom. The molecule has 0 spiro atoms. The van der Waals surface area contributed by atoms with Crippen molar-refractivity contribution in [3.63, 3.8) is 0 Å². The summed E-state index contributed by atoms with van der Waals surface area (Å²) < 4.78 is 38.0. The highest BCUT2D eigenvalue weighted by Crippen LogP contribution is 2.24. The van der Waals surface area contributed by atoms with Gasteiger partial charge in [-0.2, -0.15) is 0 Å². The summed E-state index contributed by atoms with van der Waals surface area (Å²) in [6.07, 6.45) is -0.621. The molecule has 148 valence electrons. The van der Waals surface area contributed by atoms with Crippen molar-refractivity contribution in [2.75, 3.05) is 34.4 Å². The van der Waals surface area contributed by atoms with Gasteiger partial charge in [-0.25, -0.2) is 8.78 Å². The fourth-order valence-corrected chi connectivity index (χ4v) is 2.63. The Morgan fingerprint density at radius 1 is 1.07 bits per heavy atom. The molecule has 0 fully saturated rings. The first-order chi connectivity index (χ1) is 12.9. The van der Waals surface area contributed by atoms with Crippen LogP contribution >= 0.6 is 0 Å². The van der Waals surface area contributed by atoms with Gasteiger partial charge in [-0.3, -0.25) is 0 Å². The summed E-state index contributed by atoms with van der Waals surface area (Å²) in [6, 6.07) is 8.71. The molecule has 27 heavy (non-hydrogen) atoms. The van der Waals surface area contributed by atoms with E-state index in [1.54, 1.807) is 19.2 Å². The molecule has 0 aliphatic rings. The van der Waals surface area contributed by atoms with Crippen molar-refractivity contribution in [2.45, 2.75) is 19.2 Å². The molecule has 1 atom stereocenters. The first-order valence-electron chi connectivity index (χ1n) is 8.66. The molecule has 2 rings (SSSR count). The lowest BCUT2D eigenvalue weighted by molar-refractivity contribution is 0.0826. The van der Waals surface area contributed by atoms with Crippen molar-refractivity contribution in [1.82, 2.24) is 10.2 Å². The Kier molecular flexibility index (Phi) is 7.97. The van der Waals surface area contributed by atoms with Crippen molar-refractivity contribution in [1.29, 1.82) is 0 Å². The van der Waals surface area contributed by atoms with Crippen molar-refractivity contribution in [3.8, 4) is 11.5 Å². The second kappa shape index (κ2) is 10.2. The summed E-state index contributed by atoms with van der Waals surface area (Å²) in [7, 11) is 5.31. The van der Waals surface area contributed by atoms with Crippen LogP contribution < -0.4 is 14.8 Å². The van der Waals surface area contributed by atoms with Gasteiger partial charge in [0.25, 0.3) is 0 Å². The summed E-state index contributed by atoms with van der Waals surface area (Å²) in [5.74, 6) is 0.317. The number of likely N-dealkylation sites (N-methyl/N-ethyl adjacent to an activating group) is 1. The molecule has 0 aliphatic carbocycles. The number of benzene rings is 2. The van der Waals surface area contributed by atoms with E-state index in [1.807, 2.05) is 25.1 Å².